The van der Waals surface area contributed by atoms with Crippen molar-refractivity contribution in [1.29, 1.82) is 0 Å². The second-order valence-electron chi connectivity index (χ2n) is 4.79. The van der Waals surface area contributed by atoms with E-state index in [4.69, 9.17) is 0 Å². The lowest BCUT2D eigenvalue weighted by molar-refractivity contribution is -0.133. The van der Waals surface area contributed by atoms with E-state index < -0.39 is 6.10 Å². The molecule has 0 fully saturated rings. The van der Waals surface area contributed by atoms with Crippen molar-refractivity contribution < 1.29 is 14.3 Å². The van der Waals surface area contributed by atoms with Gasteiger partial charge in [-0.1, -0.05) is 12.1 Å². The van der Waals surface area contributed by atoms with Crippen LogP contribution in [0.5, 0.6) is 0 Å². The first-order valence-corrected chi connectivity index (χ1v) is 6.68. The molecule has 1 aromatic carbocycles. The normalized spacial score (nSPS) is 13.9. The van der Waals surface area contributed by atoms with Crippen LogP contribution in [0.25, 0.3) is 0 Å². The summed E-state index contributed by atoms with van der Waals surface area (Å²) in [6.45, 7) is 6.11. The Hall–Kier alpha value is -1.42. The second-order valence-corrected chi connectivity index (χ2v) is 4.79. The highest BCUT2D eigenvalue weighted by atomic mass is 19.1. The summed E-state index contributed by atoms with van der Waals surface area (Å²) in [6.07, 6.45) is 0.325. The minimum absolute atomic E-state index is 0.0141. The van der Waals surface area contributed by atoms with E-state index in [0.29, 0.717) is 19.4 Å². The van der Waals surface area contributed by atoms with E-state index in [2.05, 4.69) is 0 Å². The molecule has 1 rings (SSSR count). The maximum absolute atomic E-state index is 12.9. The predicted octanol–water partition coefficient (Wildman–Crippen LogP) is 2.90. The maximum atomic E-state index is 12.9. The maximum Gasteiger partial charge on any atom is 0.223 e. The highest BCUT2D eigenvalue weighted by Crippen LogP contribution is 2.21. The summed E-state index contributed by atoms with van der Waals surface area (Å²) in [4.78, 5) is 13.8. The molecule has 0 aliphatic heterocycles. The lowest BCUT2D eigenvalue weighted by atomic mass is 10.1. The van der Waals surface area contributed by atoms with E-state index in [1.165, 1.54) is 12.1 Å². The molecule has 0 saturated carbocycles. The average molecular weight is 267 g/mol. The minimum atomic E-state index is -0.469. The predicted molar refractivity (Wildman–Crippen MR) is 73.1 cm³/mol. The van der Waals surface area contributed by atoms with E-state index in [0.717, 1.165) is 5.56 Å². The van der Waals surface area contributed by atoms with Gasteiger partial charge in [0.15, 0.2) is 0 Å². The molecule has 2 unspecified atom stereocenters. The van der Waals surface area contributed by atoms with Crippen LogP contribution in [-0.2, 0) is 4.79 Å². The van der Waals surface area contributed by atoms with Gasteiger partial charge < -0.3 is 10.0 Å². The highest BCUT2D eigenvalue weighted by molar-refractivity contribution is 5.76. The summed E-state index contributed by atoms with van der Waals surface area (Å²) < 4.78 is 12.9. The third kappa shape index (κ3) is 4.63. The Morgan fingerprint density at radius 2 is 1.89 bits per heavy atom. The van der Waals surface area contributed by atoms with E-state index in [1.807, 2.05) is 13.8 Å². The Bertz CT molecular complexity index is 403. The van der Waals surface area contributed by atoms with Gasteiger partial charge in [-0.15, -0.1) is 0 Å². The fourth-order valence-corrected chi connectivity index (χ4v) is 2.06. The van der Waals surface area contributed by atoms with Crippen LogP contribution in [0.1, 0.15) is 45.2 Å². The molecule has 0 heterocycles. The Morgan fingerprint density at radius 1 is 1.32 bits per heavy atom. The van der Waals surface area contributed by atoms with Crippen molar-refractivity contribution in [1.82, 2.24) is 4.90 Å². The number of rotatable bonds is 6. The lowest BCUT2D eigenvalue weighted by Crippen LogP contribution is -2.33. The number of benzene rings is 1. The van der Waals surface area contributed by atoms with Crippen molar-refractivity contribution in [3.63, 3.8) is 0 Å². The van der Waals surface area contributed by atoms with Crippen molar-refractivity contribution in [3.05, 3.63) is 35.6 Å². The molecule has 0 aromatic heterocycles. The van der Waals surface area contributed by atoms with Gasteiger partial charge in [0.05, 0.1) is 12.1 Å². The molecule has 4 heteroatoms. The van der Waals surface area contributed by atoms with Crippen LogP contribution in [0.2, 0.25) is 0 Å². The molecule has 2 atom stereocenters. The number of nitrogens with zero attached hydrogens (tertiary/aromatic N) is 1. The number of hydrogen-bond acceptors (Lipinski definition) is 2. The number of halogens is 1. The molecule has 0 bridgehead atoms. The van der Waals surface area contributed by atoms with Crippen molar-refractivity contribution in [3.8, 4) is 0 Å². The summed E-state index contributed by atoms with van der Waals surface area (Å²) >= 11 is 0. The zero-order valence-corrected chi connectivity index (χ0v) is 11.8. The first kappa shape index (κ1) is 15.6. The first-order valence-electron chi connectivity index (χ1n) is 6.68. The molecule has 0 aliphatic carbocycles. The molecule has 1 aromatic rings. The molecule has 0 aliphatic rings. The van der Waals surface area contributed by atoms with E-state index in [-0.39, 0.29) is 17.8 Å². The zero-order chi connectivity index (χ0) is 14.4. The van der Waals surface area contributed by atoms with E-state index in [1.54, 1.807) is 24.0 Å². The van der Waals surface area contributed by atoms with Crippen LogP contribution in [0.15, 0.2) is 24.3 Å². The summed E-state index contributed by atoms with van der Waals surface area (Å²) in [5.74, 6) is -0.264. The van der Waals surface area contributed by atoms with Crippen LogP contribution in [0.4, 0.5) is 4.39 Å². The van der Waals surface area contributed by atoms with Crippen LogP contribution in [0.3, 0.4) is 0 Å². The first-order chi connectivity index (χ1) is 8.95. The Labute approximate surface area is 114 Å². The standard InChI is InChI=1S/C15H22FNO2/c1-4-17(15(19)10-5-11(2)18)12(3)13-6-8-14(16)9-7-13/h6-9,11-12,18H,4-5,10H2,1-3H3. The van der Waals surface area contributed by atoms with Gasteiger partial charge in [0.2, 0.25) is 5.91 Å². The van der Waals surface area contributed by atoms with Gasteiger partial charge in [-0.2, -0.15) is 0 Å². The molecule has 0 radical (unpaired) electrons. The topological polar surface area (TPSA) is 40.5 Å². The fraction of sp³-hybridized carbons (Fsp3) is 0.533. The number of aliphatic hydroxyl groups is 1. The quantitative estimate of drug-likeness (QED) is 0.861. The summed E-state index contributed by atoms with van der Waals surface area (Å²) in [5.41, 5.74) is 0.911. The Balaban J connectivity index is 2.73. The van der Waals surface area contributed by atoms with E-state index >= 15 is 0 Å². The molecule has 0 spiro atoms. The average Bonchev–Trinajstić information content (AvgIpc) is 2.37. The molecule has 106 valence electrons. The molecule has 0 saturated heterocycles. The van der Waals surface area contributed by atoms with Crippen LogP contribution < -0.4 is 0 Å². The van der Waals surface area contributed by atoms with Crippen LogP contribution in [0, 0.1) is 5.82 Å². The smallest absolute Gasteiger partial charge is 0.223 e. The number of aliphatic hydroxyl groups excluding tert-OH is 1. The van der Waals surface area contributed by atoms with Gasteiger partial charge in [-0.25, -0.2) is 4.39 Å². The fourth-order valence-electron chi connectivity index (χ4n) is 2.06. The monoisotopic (exact) mass is 267 g/mol. The number of hydrogen-bond donors (Lipinski definition) is 1. The Morgan fingerprint density at radius 3 is 2.37 bits per heavy atom. The van der Waals surface area contributed by atoms with Crippen molar-refractivity contribution >= 4 is 5.91 Å². The largest absolute Gasteiger partial charge is 0.393 e. The van der Waals surface area contributed by atoms with Gasteiger partial charge in [-0.3, -0.25) is 4.79 Å². The Kier molecular flexibility index (Phi) is 5.96. The second kappa shape index (κ2) is 7.24. The van der Waals surface area contributed by atoms with Gasteiger partial charge >= 0.3 is 0 Å². The third-order valence-corrected chi connectivity index (χ3v) is 3.26. The number of carbonyl (C=O) groups excluding carboxylic acids is 1. The molecular weight excluding hydrogens is 245 g/mol. The number of amides is 1. The lowest BCUT2D eigenvalue weighted by Gasteiger charge is -2.28. The molecule has 3 nitrogen and oxygen atoms in total. The van der Waals surface area contributed by atoms with Crippen molar-refractivity contribution in [2.75, 3.05) is 6.54 Å². The summed E-state index contributed by atoms with van der Waals surface area (Å²) in [7, 11) is 0. The minimum Gasteiger partial charge on any atom is -0.393 e. The van der Waals surface area contributed by atoms with Crippen LogP contribution in [-0.4, -0.2) is 28.6 Å². The zero-order valence-electron chi connectivity index (χ0n) is 11.8. The highest BCUT2D eigenvalue weighted by Gasteiger charge is 2.19. The summed E-state index contributed by atoms with van der Waals surface area (Å²) in [6, 6.07) is 6.11. The number of carbonyl (C=O) groups is 1. The third-order valence-electron chi connectivity index (χ3n) is 3.26. The van der Waals surface area contributed by atoms with Gasteiger partial charge in [0, 0.05) is 13.0 Å². The van der Waals surface area contributed by atoms with Gasteiger partial charge in [0.1, 0.15) is 5.82 Å². The SMILES string of the molecule is CCN(C(=O)CCC(C)O)C(C)c1ccc(F)cc1. The van der Waals surface area contributed by atoms with Gasteiger partial charge in [-0.05, 0) is 44.9 Å². The molecular formula is C15H22FNO2. The molecule has 1 amide bonds. The van der Waals surface area contributed by atoms with E-state index in [9.17, 15) is 14.3 Å². The van der Waals surface area contributed by atoms with Crippen molar-refractivity contribution in [2.45, 2.75) is 45.8 Å². The molecule has 1 N–H and O–H groups in total. The van der Waals surface area contributed by atoms with Crippen LogP contribution >= 0.6 is 0 Å². The van der Waals surface area contributed by atoms with Gasteiger partial charge in [0.25, 0.3) is 0 Å². The molecule has 19 heavy (non-hydrogen) atoms. The summed E-state index contributed by atoms with van der Waals surface area (Å²) in [5, 5.41) is 9.23. The van der Waals surface area contributed by atoms with Crippen molar-refractivity contribution in [2.24, 2.45) is 0 Å².